The highest BCUT2D eigenvalue weighted by atomic mass is 19.1. The second-order valence-corrected chi connectivity index (χ2v) is 5.92. The highest BCUT2D eigenvalue weighted by molar-refractivity contribution is 5.94. The first kappa shape index (κ1) is 18.3. The van der Waals surface area contributed by atoms with E-state index in [1.54, 1.807) is 19.2 Å². The topological polar surface area (TPSA) is 51.2 Å². The van der Waals surface area contributed by atoms with Crippen LogP contribution in [0.4, 0.5) is 10.1 Å². The number of nitrogens with one attached hydrogen (secondary N) is 1. The summed E-state index contributed by atoms with van der Waals surface area (Å²) in [6, 6.07) is 18.7. The van der Waals surface area contributed by atoms with Gasteiger partial charge in [-0.1, -0.05) is 24.3 Å². The number of amides is 1. The summed E-state index contributed by atoms with van der Waals surface area (Å²) in [4.78, 5) is 16.6. The number of carbonyl (C=O) groups is 1. The quantitative estimate of drug-likeness (QED) is 0.685. The van der Waals surface area contributed by atoms with Gasteiger partial charge in [-0.15, -0.1) is 0 Å². The van der Waals surface area contributed by atoms with Crippen LogP contribution in [-0.2, 0) is 4.79 Å². The van der Waals surface area contributed by atoms with Crippen LogP contribution in [0.1, 0.15) is 18.2 Å². The van der Waals surface area contributed by atoms with Crippen LogP contribution in [0.3, 0.4) is 0 Å². The first-order valence-electron chi connectivity index (χ1n) is 8.52. The second-order valence-electron chi connectivity index (χ2n) is 5.92. The van der Waals surface area contributed by atoms with E-state index in [2.05, 4.69) is 10.3 Å². The molecule has 136 valence electrons. The van der Waals surface area contributed by atoms with Gasteiger partial charge in [-0.25, -0.2) is 4.39 Å². The highest BCUT2D eigenvalue weighted by Gasteiger charge is 2.15. The van der Waals surface area contributed by atoms with Gasteiger partial charge in [0.05, 0.1) is 5.69 Å². The SMILES string of the molecule is CC(Oc1ccc(F)cc1)C(=O)Nc1cccc(/C=C/c2ccccn2)c1. The predicted octanol–water partition coefficient (Wildman–Crippen LogP) is 4.80. The zero-order chi connectivity index (χ0) is 19.1. The predicted molar refractivity (Wildman–Crippen MR) is 105 cm³/mol. The number of carbonyl (C=O) groups excluding carboxylic acids is 1. The number of pyridine rings is 1. The molecule has 0 saturated heterocycles. The maximum atomic E-state index is 12.9. The molecule has 1 aromatic heterocycles. The molecule has 1 N–H and O–H groups in total. The van der Waals surface area contributed by atoms with Crippen molar-refractivity contribution in [1.29, 1.82) is 0 Å². The van der Waals surface area contributed by atoms with Crippen molar-refractivity contribution in [3.63, 3.8) is 0 Å². The van der Waals surface area contributed by atoms with Gasteiger partial charge < -0.3 is 10.1 Å². The Morgan fingerprint density at radius 1 is 1.07 bits per heavy atom. The van der Waals surface area contributed by atoms with Crippen LogP contribution < -0.4 is 10.1 Å². The molecule has 0 aliphatic carbocycles. The molecule has 1 heterocycles. The monoisotopic (exact) mass is 362 g/mol. The number of aromatic nitrogens is 1. The van der Waals surface area contributed by atoms with Gasteiger partial charge in [0.25, 0.3) is 5.91 Å². The molecule has 0 radical (unpaired) electrons. The molecule has 4 nitrogen and oxygen atoms in total. The van der Waals surface area contributed by atoms with Crippen molar-refractivity contribution in [2.75, 3.05) is 5.32 Å². The molecule has 3 aromatic rings. The number of ether oxygens (including phenoxy) is 1. The Morgan fingerprint density at radius 3 is 2.63 bits per heavy atom. The third-order valence-corrected chi connectivity index (χ3v) is 3.78. The van der Waals surface area contributed by atoms with Crippen LogP contribution in [0.25, 0.3) is 12.2 Å². The van der Waals surface area contributed by atoms with Crippen LogP contribution in [0.5, 0.6) is 5.75 Å². The van der Waals surface area contributed by atoms with Gasteiger partial charge in [-0.05, 0) is 67.1 Å². The lowest BCUT2D eigenvalue weighted by atomic mass is 10.1. The van der Waals surface area contributed by atoms with E-state index < -0.39 is 6.10 Å². The molecule has 0 bridgehead atoms. The average Bonchev–Trinajstić information content (AvgIpc) is 2.69. The summed E-state index contributed by atoms with van der Waals surface area (Å²) in [6.07, 6.45) is 4.85. The smallest absolute Gasteiger partial charge is 0.265 e. The molecule has 1 unspecified atom stereocenters. The Hall–Kier alpha value is -3.47. The number of anilines is 1. The first-order valence-corrected chi connectivity index (χ1v) is 8.52. The number of hydrogen-bond donors (Lipinski definition) is 1. The van der Waals surface area contributed by atoms with E-state index >= 15 is 0 Å². The van der Waals surface area contributed by atoms with E-state index in [-0.39, 0.29) is 11.7 Å². The largest absolute Gasteiger partial charge is 0.481 e. The normalized spacial score (nSPS) is 11.9. The van der Waals surface area contributed by atoms with Crippen molar-refractivity contribution >= 4 is 23.7 Å². The fourth-order valence-electron chi connectivity index (χ4n) is 2.39. The van der Waals surface area contributed by atoms with Crippen molar-refractivity contribution in [1.82, 2.24) is 4.98 Å². The van der Waals surface area contributed by atoms with Crippen molar-refractivity contribution in [2.24, 2.45) is 0 Å². The number of rotatable bonds is 6. The molecule has 1 atom stereocenters. The zero-order valence-corrected chi connectivity index (χ0v) is 14.8. The van der Waals surface area contributed by atoms with Gasteiger partial charge in [0.15, 0.2) is 6.10 Å². The minimum absolute atomic E-state index is 0.287. The summed E-state index contributed by atoms with van der Waals surface area (Å²) in [6.45, 7) is 1.64. The third-order valence-electron chi connectivity index (χ3n) is 3.78. The maximum Gasteiger partial charge on any atom is 0.265 e. The Morgan fingerprint density at radius 2 is 1.89 bits per heavy atom. The van der Waals surface area contributed by atoms with Gasteiger partial charge >= 0.3 is 0 Å². The van der Waals surface area contributed by atoms with Gasteiger partial charge in [0.1, 0.15) is 11.6 Å². The van der Waals surface area contributed by atoms with Crippen LogP contribution in [-0.4, -0.2) is 17.0 Å². The van der Waals surface area contributed by atoms with E-state index in [1.807, 2.05) is 48.6 Å². The van der Waals surface area contributed by atoms with Crippen LogP contribution >= 0.6 is 0 Å². The highest BCUT2D eigenvalue weighted by Crippen LogP contribution is 2.16. The zero-order valence-electron chi connectivity index (χ0n) is 14.8. The molecule has 0 aliphatic heterocycles. The molecular weight excluding hydrogens is 343 g/mol. The minimum atomic E-state index is -0.719. The molecule has 3 rings (SSSR count). The molecule has 0 spiro atoms. The van der Waals surface area contributed by atoms with E-state index in [1.165, 1.54) is 24.3 Å². The molecular formula is C22H19FN2O2. The van der Waals surface area contributed by atoms with E-state index in [9.17, 15) is 9.18 Å². The van der Waals surface area contributed by atoms with Crippen molar-refractivity contribution < 1.29 is 13.9 Å². The van der Waals surface area contributed by atoms with Gasteiger partial charge in [0, 0.05) is 11.9 Å². The summed E-state index contributed by atoms with van der Waals surface area (Å²) in [7, 11) is 0. The Kier molecular flexibility index (Phi) is 5.94. The molecule has 2 aromatic carbocycles. The van der Waals surface area contributed by atoms with Crippen LogP contribution in [0.15, 0.2) is 72.9 Å². The molecule has 0 saturated carbocycles. The summed E-state index contributed by atoms with van der Waals surface area (Å²) in [5.41, 5.74) is 2.46. The summed E-state index contributed by atoms with van der Waals surface area (Å²) < 4.78 is 18.5. The fourth-order valence-corrected chi connectivity index (χ4v) is 2.39. The first-order chi connectivity index (χ1) is 13.1. The standard InChI is InChI=1S/C22H19FN2O2/c1-16(27-21-12-9-18(23)10-13-21)22(26)25-20-7-4-5-17(15-20)8-11-19-6-2-3-14-24-19/h2-16H,1H3,(H,25,26)/b11-8+. The Bertz CT molecular complexity index is 925. The lowest BCUT2D eigenvalue weighted by Gasteiger charge is -2.15. The molecule has 27 heavy (non-hydrogen) atoms. The molecule has 0 fully saturated rings. The summed E-state index contributed by atoms with van der Waals surface area (Å²) in [5, 5.41) is 2.82. The Labute approximate surface area is 157 Å². The van der Waals surface area contributed by atoms with E-state index in [0.29, 0.717) is 11.4 Å². The van der Waals surface area contributed by atoms with Crippen molar-refractivity contribution in [3.8, 4) is 5.75 Å². The lowest BCUT2D eigenvalue weighted by Crippen LogP contribution is -2.30. The number of benzene rings is 2. The van der Waals surface area contributed by atoms with Crippen LogP contribution in [0, 0.1) is 5.82 Å². The molecule has 5 heteroatoms. The number of nitrogens with zero attached hydrogens (tertiary/aromatic N) is 1. The van der Waals surface area contributed by atoms with E-state index in [4.69, 9.17) is 4.74 Å². The van der Waals surface area contributed by atoms with Crippen LogP contribution in [0.2, 0.25) is 0 Å². The lowest BCUT2D eigenvalue weighted by molar-refractivity contribution is -0.122. The van der Waals surface area contributed by atoms with Crippen molar-refractivity contribution in [2.45, 2.75) is 13.0 Å². The van der Waals surface area contributed by atoms with E-state index in [0.717, 1.165) is 11.3 Å². The summed E-state index contributed by atoms with van der Waals surface area (Å²) >= 11 is 0. The van der Waals surface area contributed by atoms with Gasteiger partial charge in [-0.2, -0.15) is 0 Å². The third kappa shape index (κ3) is 5.51. The number of hydrogen-bond acceptors (Lipinski definition) is 3. The molecule has 0 aliphatic rings. The molecule has 1 amide bonds. The fraction of sp³-hybridized carbons (Fsp3) is 0.0909. The minimum Gasteiger partial charge on any atom is -0.481 e. The van der Waals surface area contributed by atoms with Crippen molar-refractivity contribution in [3.05, 3.63) is 90.0 Å². The average molecular weight is 362 g/mol. The summed E-state index contributed by atoms with van der Waals surface area (Å²) in [5.74, 6) is -0.202. The maximum absolute atomic E-state index is 12.9. The van der Waals surface area contributed by atoms with Gasteiger partial charge in [-0.3, -0.25) is 9.78 Å². The number of halogens is 1. The Balaban J connectivity index is 1.62. The second kappa shape index (κ2) is 8.76. The van der Waals surface area contributed by atoms with Gasteiger partial charge in [0.2, 0.25) is 0 Å².